The molecule has 0 aromatic carbocycles. The zero-order chi connectivity index (χ0) is 19.4. The zero-order valence-corrected chi connectivity index (χ0v) is 16.8. The summed E-state index contributed by atoms with van der Waals surface area (Å²) < 4.78 is 4.71. The maximum Gasteiger partial charge on any atom is 0.364 e. The summed E-state index contributed by atoms with van der Waals surface area (Å²) in [6.45, 7) is 2.24. The Morgan fingerprint density at radius 1 is 1.00 bits per heavy atom. The van der Waals surface area contributed by atoms with Crippen LogP contribution in [0, 0.1) is 11.8 Å². The highest BCUT2D eigenvalue weighted by Gasteiger charge is 2.36. The van der Waals surface area contributed by atoms with E-state index in [2.05, 4.69) is 6.92 Å². The Morgan fingerprint density at radius 3 is 2.27 bits per heavy atom. The van der Waals surface area contributed by atoms with E-state index in [0.717, 1.165) is 32.1 Å². The predicted molar refractivity (Wildman–Crippen MR) is 103 cm³/mol. The molecule has 1 saturated carbocycles. The summed E-state index contributed by atoms with van der Waals surface area (Å²) in [5.41, 5.74) is 0. The summed E-state index contributed by atoms with van der Waals surface area (Å²) in [5, 5.41) is 29.1. The first-order valence-electron chi connectivity index (χ1n) is 10.6. The predicted octanol–water partition coefficient (Wildman–Crippen LogP) is 4.49. The standard InChI is InChI=1S/C21H40O5/c1-3-4-5-6-7-9-12-17-14-15-19(22)18(17)13-10-8-11-16-21(25,26-2)20(23)24/h17-19,22,25H,3-16H2,1-2H3,(H,23,24)/t17-,18+,19-,21?/m0/s1. The second-order valence-electron chi connectivity index (χ2n) is 8.02. The van der Waals surface area contributed by atoms with Crippen molar-refractivity contribution in [2.45, 2.75) is 109 Å². The second-order valence-corrected chi connectivity index (χ2v) is 8.02. The summed E-state index contributed by atoms with van der Waals surface area (Å²) in [6.07, 6.45) is 14.5. The van der Waals surface area contributed by atoms with E-state index >= 15 is 0 Å². The van der Waals surface area contributed by atoms with Crippen molar-refractivity contribution in [2.24, 2.45) is 11.8 Å². The lowest BCUT2D eigenvalue weighted by Gasteiger charge is -2.23. The quantitative estimate of drug-likeness (QED) is 0.291. The molecule has 26 heavy (non-hydrogen) atoms. The molecule has 5 heteroatoms. The fourth-order valence-electron chi connectivity index (χ4n) is 4.32. The minimum absolute atomic E-state index is 0.104. The molecule has 1 unspecified atom stereocenters. The topological polar surface area (TPSA) is 87.0 Å². The van der Waals surface area contributed by atoms with Crippen molar-refractivity contribution >= 4 is 5.97 Å². The minimum atomic E-state index is -2.06. The molecule has 1 aliphatic rings. The highest BCUT2D eigenvalue weighted by atomic mass is 16.6. The first-order valence-corrected chi connectivity index (χ1v) is 10.6. The van der Waals surface area contributed by atoms with Gasteiger partial charge in [-0.3, -0.25) is 0 Å². The Balaban J connectivity index is 2.21. The van der Waals surface area contributed by atoms with Crippen molar-refractivity contribution in [3.8, 4) is 0 Å². The van der Waals surface area contributed by atoms with Crippen LogP contribution < -0.4 is 0 Å². The number of rotatable bonds is 15. The number of carboxylic acids is 1. The molecule has 0 amide bonds. The summed E-state index contributed by atoms with van der Waals surface area (Å²) in [5.74, 6) is -2.35. The van der Waals surface area contributed by atoms with E-state index in [-0.39, 0.29) is 12.5 Å². The van der Waals surface area contributed by atoms with E-state index in [0.29, 0.717) is 18.3 Å². The van der Waals surface area contributed by atoms with Gasteiger partial charge < -0.3 is 20.1 Å². The van der Waals surface area contributed by atoms with Gasteiger partial charge in [0, 0.05) is 13.5 Å². The van der Waals surface area contributed by atoms with E-state index in [1.165, 1.54) is 52.1 Å². The second kappa shape index (κ2) is 12.7. The molecule has 3 N–H and O–H groups in total. The Morgan fingerprint density at radius 2 is 1.62 bits per heavy atom. The molecule has 0 radical (unpaired) electrons. The van der Waals surface area contributed by atoms with E-state index in [9.17, 15) is 15.0 Å². The lowest BCUT2D eigenvalue weighted by Crippen LogP contribution is -2.40. The van der Waals surface area contributed by atoms with Crippen LogP contribution in [0.25, 0.3) is 0 Å². The average molecular weight is 373 g/mol. The Kier molecular flexibility index (Phi) is 11.4. The number of aliphatic hydroxyl groups excluding tert-OH is 1. The molecule has 0 heterocycles. The number of unbranched alkanes of at least 4 members (excludes halogenated alkanes) is 7. The van der Waals surface area contributed by atoms with Crippen LogP contribution in [-0.4, -0.2) is 40.3 Å². The molecule has 5 nitrogen and oxygen atoms in total. The first kappa shape index (κ1) is 23.4. The molecule has 0 aromatic rings. The molecule has 1 rings (SSSR count). The van der Waals surface area contributed by atoms with Gasteiger partial charge >= 0.3 is 5.97 Å². The fourth-order valence-corrected chi connectivity index (χ4v) is 4.32. The van der Waals surface area contributed by atoms with Gasteiger partial charge in [0.1, 0.15) is 0 Å². The number of carbonyl (C=O) groups is 1. The molecule has 0 saturated heterocycles. The first-order chi connectivity index (χ1) is 12.4. The summed E-state index contributed by atoms with van der Waals surface area (Å²) >= 11 is 0. The monoisotopic (exact) mass is 372 g/mol. The number of hydrogen-bond donors (Lipinski definition) is 3. The Labute approximate surface area is 159 Å². The summed E-state index contributed by atoms with van der Waals surface area (Å²) in [4.78, 5) is 11.0. The third-order valence-corrected chi connectivity index (χ3v) is 6.09. The number of aliphatic hydroxyl groups is 2. The summed E-state index contributed by atoms with van der Waals surface area (Å²) in [7, 11) is 1.22. The van der Waals surface area contributed by atoms with Gasteiger partial charge in [-0.2, -0.15) is 0 Å². The van der Waals surface area contributed by atoms with Crippen molar-refractivity contribution in [1.82, 2.24) is 0 Å². The highest BCUT2D eigenvalue weighted by Crippen LogP contribution is 2.39. The van der Waals surface area contributed by atoms with Crippen LogP contribution in [0.1, 0.15) is 96.8 Å². The van der Waals surface area contributed by atoms with E-state index in [1.54, 1.807) is 0 Å². The van der Waals surface area contributed by atoms with E-state index in [4.69, 9.17) is 9.84 Å². The van der Waals surface area contributed by atoms with Gasteiger partial charge in [0.15, 0.2) is 0 Å². The Bertz CT molecular complexity index is 387. The van der Waals surface area contributed by atoms with Gasteiger partial charge in [-0.1, -0.05) is 64.7 Å². The molecule has 1 aliphatic carbocycles. The van der Waals surface area contributed by atoms with Gasteiger partial charge in [-0.15, -0.1) is 0 Å². The number of methoxy groups -OCH3 is 1. The molecule has 4 atom stereocenters. The van der Waals surface area contributed by atoms with Crippen molar-refractivity contribution in [1.29, 1.82) is 0 Å². The zero-order valence-electron chi connectivity index (χ0n) is 16.8. The molecule has 0 bridgehead atoms. The lowest BCUT2D eigenvalue weighted by atomic mass is 9.85. The van der Waals surface area contributed by atoms with Gasteiger partial charge in [-0.05, 0) is 37.5 Å². The maximum atomic E-state index is 11.0. The molecule has 1 fully saturated rings. The van der Waals surface area contributed by atoms with E-state index in [1.807, 2.05) is 0 Å². The number of hydrogen-bond acceptors (Lipinski definition) is 4. The van der Waals surface area contributed by atoms with Gasteiger partial charge in [0.25, 0.3) is 5.79 Å². The van der Waals surface area contributed by atoms with Crippen LogP contribution in [0.2, 0.25) is 0 Å². The fraction of sp³-hybridized carbons (Fsp3) is 0.952. The normalized spacial score (nSPS) is 25.3. The SMILES string of the molecule is CCCCCCCC[C@H]1CC[C@H](O)[C@@H]1CCCCCC(O)(OC)C(=O)O. The molecule has 0 spiro atoms. The van der Waals surface area contributed by atoms with Gasteiger partial charge in [0.05, 0.1) is 6.10 Å². The third-order valence-electron chi connectivity index (χ3n) is 6.09. The van der Waals surface area contributed by atoms with Gasteiger partial charge in [-0.25, -0.2) is 4.79 Å². The largest absolute Gasteiger partial charge is 0.477 e. The van der Waals surface area contributed by atoms with Crippen LogP contribution in [0.5, 0.6) is 0 Å². The number of aliphatic carboxylic acids is 1. The molecule has 0 aromatic heterocycles. The number of carboxylic acid groups (broad SMARTS) is 1. The summed E-state index contributed by atoms with van der Waals surface area (Å²) in [6, 6.07) is 0. The molecule has 0 aliphatic heterocycles. The van der Waals surface area contributed by atoms with Gasteiger partial charge in [0.2, 0.25) is 0 Å². The lowest BCUT2D eigenvalue weighted by molar-refractivity contribution is -0.216. The molecule has 154 valence electrons. The van der Waals surface area contributed by atoms with Crippen LogP contribution in [0.4, 0.5) is 0 Å². The van der Waals surface area contributed by atoms with Crippen molar-refractivity contribution in [2.75, 3.05) is 7.11 Å². The van der Waals surface area contributed by atoms with Crippen LogP contribution in [0.15, 0.2) is 0 Å². The molecular weight excluding hydrogens is 332 g/mol. The average Bonchev–Trinajstić information content (AvgIpc) is 2.97. The van der Waals surface area contributed by atoms with Crippen LogP contribution in [0.3, 0.4) is 0 Å². The highest BCUT2D eigenvalue weighted by molar-refractivity contribution is 5.75. The van der Waals surface area contributed by atoms with Crippen LogP contribution >= 0.6 is 0 Å². The smallest absolute Gasteiger partial charge is 0.364 e. The van der Waals surface area contributed by atoms with E-state index < -0.39 is 11.8 Å². The van der Waals surface area contributed by atoms with Crippen molar-refractivity contribution in [3.63, 3.8) is 0 Å². The minimum Gasteiger partial charge on any atom is -0.477 e. The third kappa shape index (κ3) is 7.93. The molecular formula is C21H40O5. The van der Waals surface area contributed by atoms with Crippen LogP contribution in [-0.2, 0) is 9.53 Å². The van der Waals surface area contributed by atoms with Crippen molar-refractivity contribution in [3.05, 3.63) is 0 Å². The van der Waals surface area contributed by atoms with Crippen molar-refractivity contribution < 1.29 is 24.9 Å². The Hall–Kier alpha value is -0.650. The maximum absolute atomic E-state index is 11.0. The number of ether oxygens (including phenoxy) is 1.